The summed E-state index contributed by atoms with van der Waals surface area (Å²) < 4.78 is 0. The van der Waals surface area contributed by atoms with Gasteiger partial charge in [-0.15, -0.1) is 0 Å². The van der Waals surface area contributed by atoms with Gasteiger partial charge in [0.25, 0.3) is 0 Å². The van der Waals surface area contributed by atoms with E-state index in [2.05, 4.69) is 17.2 Å². The summed E-state index contributed by atoms with van der Waals surface area (Å²) in [7, 11) is 0. The third kappa shape index (κ3) is 2.49. The topological polar surface area (TPSA) is 88.2 Å². The van der Waals surface area contributed by atoms with Crippen molar-refractivity contribution in [2.24, 2.45) is 5.92 Å². The molecule has 0 saturated heterocycles. The maximum atomic E-state index is 11.1. The van der Waals surface area contributed by atoms with Crippen LogP contribution in [0.15, 0.2) is 12.3 Å². The van der Waals surface area contributed by atoms with Gasteiger partial charge in [0.05, 0.1) is 11.9 Å². The number of carboxylic acid groups (broad SMARTS) is 1. The first-order valence-electron chi connectivity index (χ1n) is 5.83. The number of pyridine rings is 1. The van der Waals surface area contributed by atoms with E-state index < -0.39 is 5.97 Å². The van der Waals surface area contributed by atoms with Crippen molar-refractivity contribution in [2.75, 3.05) is 11.1 Å². The Kier molecular flexibility index (Phi) is 3.17. The summed E-state index contributed by atoms with van der Waals surface area (Å²) in [6.07, 6.45) is 5.14. The Morgan fingerprint density at radius 1 is 1.65 bits per heavy atom. The van der Waals surface area contributed by atoms with Crippen LogP contribution in [0.1, 0.15) is 36.5 Å². The molecule has 2 rings (SSSR count). The number of aromatic carboxylic acids is 1. The number of nitrogen functional groups attached to an aromatic ring is 1. The summed E-state index contributed by atoms with van der Waals surface area (Å²) in [6.45, 7) is 2.06. The quantitative estimate of drug-likeness (QED) is 0.742. The molecule has 0 bridgehead atoms. The van der Waals surface area contributed by atoms with Gasteiger partial charge in [-0.2, -0.15) is 0 Å². The first kappa shape index (κ1) is 11.7. The molecule has 1 atom stereocenters. The van der Waals surface area contributed by atoms with Crippen LogP contribution in [0, 0.1) is 5.92 Å². The van der Waals surface area contributed by atoms with E-state index in [0.29, 0.717) is 17.4 Å². The molecule has 1 aliphatic carbocycles. The first-order valence-corrected chi connectivity index (χ1v) is 5.83. The van der Waals surface area contributed by atoms with Crippen LogP contribution in [0.25, 0.3) is 0 Å². The first-order chi connectivity index (χ1) is 8.08. The molecule has 0 aromatic carbocycles. The predicted octanol–water partition coefficient (Wildman–Crippen LogP) is 1.96. The van der Waals surface area contributed by atoms with Crippen LogP contribution in [-0.2, 0) is 0 Å². The van der Waals surface area contributed by atoms with Crippen molar-refractivity contribution in [3.8, 4) is 0 Å². The van der Waals surface area contributed by atoms with Crippen LogP contribution in [0.5, 0.6) is 0 Å². The van der Waals surface area contributed by atoms with Gasteiger partial charge in [-0.25, -0.2) is 9.78 Å². The van der Waals surface area contributed by atoms with Crippen molar-refractivity contribution < 1.29 is 9.90 Å². The lowest BCUT2D eigenvalue weighted by Crippen LogP contribution is -2.31. The third-order valence-corrected chi connectivity index (χ3v) is 3.36. The van der Waals surface area contributed by atoms with Gasteiger partial charge in [-0.3, -0.25) is 0 Å². The molecule has 1 saturated carbocycles. The maximum Gasteiger partial charge on any atom is 0.339 e. The van der Waals surface area contributed by atoms with Gasteiger partial charge in [0.15, 0.2) is 0 Å². The minimum absolute atomic E-state index is 0.135. The van der Waals surface area contributed by atoms with Gasteiger partial charge in [0.2, 0.25) is 0 Å². The fourth-order valence-electron chi connectivity index (χ4n) is 2.03. The van der Waals surface area contributed by atoms with Crippen LogP contribution in [0.2, 0.25) is 0 Å². The SMILES string of the molecule is CC(Nc1ncc(N)cc1C(=O)O)C1CCC1. The van der Waals surface area contributed by atoms with Crippen molar-refractivity contribution in [1.82, 2.24) is 4.98 Å². The van der Waals surface area contributed by atoms with Gasteiger partial charge in [-0.1, -0.05) is 6.42 Å². The number of nitrogens with zero attached hydrogens (tertiary/aromatic N) is 1. The molecule has 1 unspecified atom stereocenters. The molecule has 4 N–H and O–H groups in total. The molecule has 1 heterocycles. The smallest absolute Gasteiger partial charge is 0.339 e. The molecule has 17 heavy (non-hydrogen) atoms. The highest BCUT2D eigenvalue weighted by Gasteiger charge is 2.25. The maximum absolute atomic E-state index is 11.1. The van der Waals surface area contributed by atoms with E-state index in [-0.39, 0.29) is 11.6 Å². The van der Waals surface area contributed by atoms with E-state index >= 15 is 0 Å². The second-order valence-electron chi connectivity index (χ2n) is 4.59. The van der Waals surface area contributed by atoms with Crippen LogP contribution in [0.4, 0.5) is 11.5 Å². The number of hydrogen-bond donors (Lipinski definition) is 3. The fraction of sp³-hybridized carbons (Fsp3) is 0.500. The Morgan fingerprint density at radius 3 is 2.88 bits per heavy atom. The van der Waals surface area contributed by atoms with Crippen LogP contribution in [0.3, 0.4) is 0 Å². The molecule has 1 aromatic rings. The van der Waals surface area contributed by atoms with Gasteiger partial charge >= 0.3 is 5.97 Å². The molecule has 1 aromatic heterocycles. The third-order valence-electron chi connectivity index (χ3n) is 3.36. The normalized spacial score (nSPS) is 17.2. The van der Waals surface area contributed by atoms with E-state index in [9.17, 15) is 4.79 Å². The van der Waals surface area contributed by atoms with Crippen molar-refractivity contribution in [3.63, 3.8) is 0 Å². The minimum Gasteiger partial charge on any atom is -0.478 e. The van der Waals surface area contributed by atoms with Crippen LogP contribution >= 0.6 is 0 Å². The molecule has 0 aliphatic heterocycles. The van der Waals surface area contributed by atoms with Gasteiger partial charge in [-0.05, 0) is 31.7 Å². The van der Waals surface area contributed by atoms with Gasteiger partial charge in [0.1, 0.15) is 11.4 Å². The summed E-state index contributed by atoms with van der Waals surface area (Å²) in [5, 5.41) is 12.3. The number of nitrogens with two attached hydrogens (primary N) is 1. The van der Waals surface area contributed by atoms with E-state index in [1.165, 1.54) is 31.5 Å². The zero-order valence-electron chi connectivity index (χ0n) is 9.81. The highest BCUT2D eigenvalue weighted by molar-refractivity contribution is 5.94. The summed E-state index contributed by atoms with van der Waals surface area (Å²) in [4.78, 5) is 15.1. The predicted molar refractivity (Wildman–Crippen MR) is 66.0 cm³/mol. The summed E-state index contributed by atoms with van der Waals surface area (Å²) in [5.41, 5.74) is 6.04. The largest absolute Gasteiger partial charge is 0.478 e. The lowest BCUT2D eigenvalue weighted by molar-refractivity contribution is 0.0697. The summed E-state index contributed by atoms with van der Waals surface area (Å²) in [5.74, 6) is 0.0233. The zero-order valence-corrected chi connectivity index (χ0v) is 9.81. The van der Waals surface area contributed by atoms with Crippen molar-refractivity contribution in [3.05, 3.63) is 17.8 Å². The molecule has 1 fully saturated rings. The molecule has 0 radical (unpaired) electrons. The number of anilines is 2. The van der Waals surface area contributed by atoms with Crippen molar-refractivity contribution >= 4 is 17.5 Å². The minimum atomic E-state index is -1.01. The molecule has 5 heteroatoms. The standard InChI is InChI=1S/C12H17N3O2/c1-7(8-3-2-4-8)15-11-10(12(16)17)5-9(13)6-14-11/h5-8H,2-4,13H2,1H3,(H,14,15)(H,16,17). The average molecular weight is 235 g/mol. The summed E-state index contributed by atoms with van der Waals surface area (Å²) >= 11 is 0. The lowest BCUT2D eigenvalue weighted by Gasteiger charge is -2.32. The van der Waals surface area contributed by atoms with Crippen molar-refractivity contribution in [2.45, 2.75) is 32.2 Å². The number of carbonyl (C=O) groups is 1. The Morgan fingerprint density at radius 2 is 2.35 bits per heavy atom. The number of nitrogens with one attached hydrogen (secondary N) is 1. The molecule has 0 amide bonds. The van der Waals surface area contributed by atoms with Gasteiger partial charge < -0.3 is 16.2 Å². The Hall–Kier alpha value is -1.78. The highest BCUT2D eigenvalue weighted by Crippen LogP contribution is 2.31. The number of carboxylic acids is 1. The Bertz CT molecular complexity index is 430. The van der Waals surface area contributed by atoms with E-state index in [1.807, 2.05) is 0 Å². The second-order valence-corrected chi connectivity index (χ2v) is 4.59. The van der Waals surface area contributed by atoms with E-state index in [0.717, 1.165) is 0 Å². The number of hydrogen-bond acceptors (Lipinski definition) is 4. The fourth-order valence-corrected chi connectivity index (χ4v) is 2.03. The van der Waals surface area contributed by atoms with E-state index in [4.69, 9.17) is 10.8 Å². The van der Waals surface area contributed by atoms with E-state index in [1.54, 1.807) is 0 Å². The monoisotopic (exact) mass is 235 g/mol. The second kappa shape index (κ2) is 4.61. The van der Waals surface area contributed by atoms with Crippen LogP contribution in [-0.4, -0.2) is 22.1 Å². The molecular weight excluding hydrogens is 218 g/mol. The van der Waals surface area contributed by atoms with Gasteiger partial charge in [0, 0.05) is 6.04 Å². The van der Waals surface area contributed by atoms with Crippen LogP contribution < -0.4 is 11.1 Å². The number of rotatable bonds is 4. The van der Waals surface area contributed by atoms with Crippen molar-refractivity contribution in [1.29, 1.82) is 0 Å². The lowest BCUT2D eigenvalue weighted by atomic mass is 9.80. The molecule has 5 nitrogen and oxygen atoms in total. The Labute approximate surface area is 100 Å². The molecule has 1 aliphatic rings. The zero-order chi connectivity index (χ0) is 12.4. The molecule has 0 spiro atoms. The highest BCUT2D eigenvalue weighted by atomic mass is 16.4. The molecule has 92 valence electrons. The number of aromatic nitrogens is 1. The average Bonchev–Trinajstić information content (AvgIpc) is 2.17. The Balaban J connectivity index is 2.16. The molecular formula is C12H17N3O2. The summed E-state index contributed by atoms with van der Waals surface area (Å²) in [6, 6.07) is 1.68.